The number of rotatable bonds is 4. The second kappa shape index (κ2) is 7.69. The Morgan fingerprint density at radius 2 is 1.06 bits per heavy atom. The number of hydrogen-bond acceptors (Lipinski definition) is 4. The summed E-state index contributed by atoms with van der Waals surface area (Å²) in [5.74, 6) is 0.632. The first kappa shape index (κ1) is 20.6. The fraction of sp³-hybridized carbons (Fsp3) is 0.385. The fourth-order valence-electron chi connectivity index (χ4n) is 6.64. The van der Waals surface area contributed by atoms with E-state index in [0.717, 1.165) is 32.1 Å². The molecule has 4 fully saturated rings. The molecular weight excluding hydrogens is 400 g/mol. The average Bonchev–Trinajstić information content (AvgIpc) is 2.79. The number of nitrogens with one attached hydrogen (secondary N) is 4. The zero-order valence-corrected chi connectivity index (χ0v) is 18.0. The van der Waals surface area contributed by atoms with Crippen LogP contribution < -0.4 is 10.6 Å². The minimum atomic E-state index is -0.614. The first-order valence-electron chi connectivity index (χ1n) is 11.3. The predicted molar refractivity (Wildman–Crippen MR) is 122 cm³/mol. The van der Waals surface area contributed by atoms with E-state index in [2.05, 4.69) is 10.6 Å². The van der Waals surface area contributed by atoms with E-state index in [9.17, 15) is 9.59 Å². The maximum atomic E-state index is 13.5. The Labute approximate surface area is 187 Å². The molecule has 0 heterocycles. The molecule has 0 aliphatic heterocycles. The van der Waals surface area contributed by atoms with E-state index in [4.69, 9.17) is 10.8 Å². The highest BCUT2D eigenvalue weighted by atomic mass is 16.2. The summed E-state index contributed by atoms with van der Waals surface area (Å²) >= 11 is 0. The molecular formula is C26H28N4O2. The lowest BCUT2D eigenvalue weighted by atomic mass is 9.43. The molecule has 0 saturated heterocycles. The number of carbonyl (C=O) groups is 2. The minimum Gasteiger partial charge on any atom is -0.310 e. The Morgan fingerprint density at radius 1 is 0.688 bits per heavy atom. The Morgan fingerprint density at radius 3 is 1.44 bits per heavy atom. The monoisotopic (exact) mass is 428 g/mol. The van der Waals surface area contributed by atoms with E-state index in [1.54, 1.807) is 0 Å². The molecule has 2 aromatic carbocycles. The molecule has 6 heteroatoms. The predicted octanol–water partition coefficient (Wildman–Crippen LogP) is 3.86. The SMILES string of the molecule is N=C(NC(=O)C12CC3CC(C1)CC(C(=O)NC(=N)c1ccccc1)(C3)C2)c1ccccc1. The summed E-state index contributed by atoms with van der Waals surface area (Å²) in [6, 6.07) is 18.4. The van der Waals surface area contributed by atoms with Crippen molar-refractivity contribution in [3.63, 3.8) is 0 Å². The van der Waals surface area contributed by atoms with Crippen LogP contribution in [0.5, 0.6) is 0 Å². The van der Waals surface area contributed by atoms with Crippen molar-refractivity contribution in [3.05, 3.63) is 71.8 Å². The van der Waals surface area contributed by atoms with Gasteiger partial charge in [-0.3, -0.25) is 20.4 Å². The lowest BCUT2D eigenvalue weighted by molar-refractivity contribution is -0.165. The maximum absolute atomic E-state index is 13.5. The number of carbonyl (C=O) groups excluding carboxylic acids is 2. The first-order valence-corrected chi connectivity index (χ1v) is 11.3. The van der Waals surface area contributed by atoms with E-state index >= 15 is 0 Å². The quantitative estimate of drug-likeness (QED) is 0.439. The first-order chi connectivity index (χ1) is 15.4. The Hall–Kier alpha value is -3.28. The molecule has 0 spiro atoms. The van der Waals surface area contributed by atoms with Gasteiger partial charge in [0, 0.05) is 11.1 Å². The fourth-order valence-corrected chi connectivity index (χ4v) is 6.64. The van der Waals surface area contributed by atoms with Crippen LogP contribution in [0.25, 0.3) is 0 Å². The van der Waals surface area contributed by atoms with Crippen LogP contribution in [0.2, 0.25) is 0 Å². The van der Waals surface area contributed by atoms with Crippen LogP contribution >= 0.6 is 0 Å². The summed E-state index contributed by atoms with van der Waals surface area (Å²) in [6.45, 7) is 0. The minimum absolute atomic E-state index is 0.107. The number of amidine groups is 2. The summed E-state index contributed by atoms with van der Waals surface area (Å²) in [5.41, 5.74) is 0.123. The molecule has 0 aromatic heterocycles. The summed E-state index contributed by atoms with van der Waals surface area (Å²) < 4.78 is 0. The molecule has 0 unspecified atom stereocenters. The maximum Gasteiger partial charge on any atom is 0.231 e. The lowest BCUT2D eigenvalue weighted by Crippen LogP contribution is -2.62. The molecule has 4 aliphatic carbocycles. The second-order valence-corrected chi connectivity index (χ2v) is 9.91. The molecule has 6 rings (SSSR count). The zero-order chi connectivity index (χ0) is 22.3. The Bertz CT molecular complexity index is 982. The smallest absolute Gasteiger partial charge is 0.231 e. The van der Waals surface area contributed by atoms with Crippen molar-refractivity contribution in [2.24, 2.45) is 22.7 Å². The van der Waals surface area contributed by atoms with E-state index < -0.39 is 10.8 Å². The topological polar surface area (TPSA) is 106 Å². The average molecular weight is 429 g/mol. The van der Waals surface area contributed by atoms with E-state index in [1.807, 2.05) is 60.7 Å². The normalized spacial score (nSPS) is 29.9. The van der Waals surface area contributed by atoms with Gasteiger partial charge < -0.3 is 10.6 Å². The van der Waals surface area contributed by atoms with E-state index in [0.29, 0.717) is 29.4 Å². The van der Waals surface area contributed by atoms with Crippen LogP contribution in [0.4, 0.5) is 0 Å². The van der Waals surface area contributed by atoms with Gasteiger partial charge in [-0.1, -0.05) is 60.7 Å². The van der Waals surface area contributed by atoms with Crippen LogP contribution in [0.1, 0.15) is 49.7 Å². The Kier molecular flexibility index (Phi) is 4.96. The van der Waals surface area contributed by atoms with Crippen molar-refractivity contribution < 1.29 is 9.59 Å². The van der Waals surface area contributed by atoms with Gasteiger partial charge in [-0.2, -0.15) is 0 Å². The molecule has 4 saturated carbocycles. The molecule has 2 amide bonds. The lowest BCUT2D eigenvalue weighted by Gasteiger charge is -2.60. The summed E-state index contributed by atoms with van der Waals surface area (Å²) in [7, 11) is 0. The third kappa shape index (κ3) is 3.53. The van der Waals surface area contributed by atoms with Crippen LogP contribution in [0.15, 0.2) is 60.7 Å². The number of benzene rings is 2. The molecule has 4 bridgehead atoms. The van der Waals surface area contributed by atoms with Crippen LogP contribution in [-0.2, 0) is 9.59 Å². The van der Waals surface area contributed by atoms with Gasteiger partial charge in [0.2, 0.25) is 11.8 Å². The number of amides is 2. The molecule has 4 N–H and O–H groups in total. The van der Waals surface area contributed by atoms with Gasteiger partial charge in [0.1, 0.15) is 11.7 Å². The van der Waals surface area contributed by atoms with Gasteiger partial charge in [-0.15, -0.1) is 0 Å². The summed E-state index contributed by atoms with van der Waals surface area (Å²) in [4.78, 5) is 26.9. The summed E-state index contributed by atoms with van der Waals surface area (Å²) in [6.07, 6.45) is 4.68. The van der Waals surface area contributed by atoms with Crippen LogP contribution in [-0.4, -0.2) is 23.5 Å². The van der Waals surface area contributed by atoms with Crippen LogP contribution in [0.3, 0.4) is 0 Å². The van der Waals surface area contributed by atoms with Crippen LogP contribution in [0, 0.1) is 33.5 Å². The highest BCUT2D eigenvalue weighted by Crippen LogP contribution is 2.65. The van der Waals surface area contributed by atoms with Crippen molar-refractivity contribution >= 4 is 23.5 Å². The van der Waals surface area contributed by atoms with E-state index in [-0.39, 0.29) is 23.5 Å². The van der Waals surface area contributed by atoms with Gasteiger partial charge in [-0.05, 0) is 50.4 Å². The largest absolute Gasteiger partial charge is 0.310 e. The van der Waals surface area contributed by atoms with Gasteiger partial charge >= 0.3 is 0 Å². The molecule has 2 aromatic rings. The van der Waals surface area contributed by atoms with Gasteiger partial charge in [0.25, 0.3) is 0 Å². The van der Waals surface area contributed by atoms with Gasteiger partial charge in [-0.25, -0.2) is 0 Å². The molecule has 0 atom stereocenters. The highest BCUT2D eigenvalue weighted by Gasteiger charge is 2.63. The second-order valence-electron chi connectivity index (χ2n) is 9.91. The van der Waals surface area contributed by atoms with E-state index in [1.165, 1.54) is 0 Å². The zero-order valence-electron chi connectivity index (χ0n) is 18.0. The molecule has 4 aliphatic rings. The van der Waals surface area contributed by atoms with Crippen molar-refractivity contribution in [2.75, 3.05) is 0 Å². The molecule has 6 nitrogen and oxygen atoms in total. The summed E-state index contributed by atoms with van der Waals surface area (Å²) in [5, 5.41) is 22.4. The third-order valence-corrected chi connectivity index (χ3v) is 7.63. The third-order valence-electron chi connectivity index (χ3n) is 7.63. The molecule has 0 radical (unpaired) electrons. The number of hydrogen-bond donors (Lipinski definition) is 4. The van der Waals surface area contributed by atoms with Crippen molar-refractivity contribution in [3.8, 4) is 0 Å². The van der Waals surface area contributed by atoms with Crippen molar-refractivity contribution in [1.29, 1.82) is 10.8 Å². The molecule has 32 heavy (non-hydrogen) atoms. The Balaban J connectivity index is 1.35. The van der Waals surface area contributed by atoms with Crippen molar-refractivity contribution in [1.82, 2.24) is 10.6 Å². The van der Waals surface area contributed by atoms with Crippen molar-refractivity contribution in [2.45, 2.75) is 38.5 Å². The standard InChI is InChI=1S/C26H28N4O2/c27-21(19-7-3-1-4-8-19)29-23(31)25-12-17-11-18(13-25)15-26(14-17,16-25)24(32)30-22(28)20-9-5-2-6-10-20/h1-10,17-18H,11-16H2,(H2,27,29,31)(H2,28,30,32). The molecule has 164 valence electrons. The van der Waals surface area contributed by atoms with Gasteiger partial charge in [0.05, 0.1) is 10.8 Å². The van der Waals surface area contributed by atoms with Gasteiger partial charge in [0.15, 0.2) is 0 Å². The highest BCUT2D eigenvalue weighted by molar-refractivity contribution is 6.09.